The van der Waals surface area contributed by atoms with E-state index in [1.54, 1.807) is 6.20 Å². The fourth-order valence-electron chi connectivity index (χ4n) is 2.20. The summed E-state index contributed by atoms with van der Waals surface area (Å²) in [5.74, 6) is 0.757. The Kier molecular flexibility index (Phi) is 4.18. The highest BCUT2D eigenvalue weighted by Crippen LogP contribution is 2.27. The van der Waals surface area contributed by atoms with Gasteiger partial charge >= 0.3 is 0 Å². The summed E-state index contributed by atoms with van der Waals surface area (Å²) in [5, 5.41) is 10.2. The predicted octanol–water partition coefficient (Wildman–Crippen LogP) is 4.07. The van der Waals surface area contributed by atoms with Gasteiger partial charge in [-0.3, -0.25) is 4.98 Å². The standard InChI is InChI=1S/C17H14BrNO2/c18-15-9-12(10-20)5-6-17(15)21-11-13-7-8-19-16-4-2-1-3-14(13)16/h1-9,20H,10-11H2. The van der Waals surface area contributed by atoms with E-state index in [1.165, 1.54) is 0 Å². The van der Waals surface area contributed by atoms with Gasteiger partial charge in [-0.1, -0.05) is 24.3 Å². The summed E-state index contributed by atoms with van der Waals surface area (Å²) in [6, 6.07) is 15.6. The van der Waals surface area contributed by atoms with Gasteiger partial charge in [-0.25, -0.2) is 0 Å². The van der Waals surface area contributed by atoms with Crippen molar-refractivity contribution in [2.24, 2.45) is 0 Å². The van der Waals surface area contributed by atoms with Crippen LogP contribution < -0.4 is 4.74 Å². The largest absolute Gasteiger partial charge is 0.488 e. The summed E-state index contributed by atoms with van der Waals surface area (Å²) >= 11 is 3.46. The summed E-state index contributed by atoms with van der Waals surface area (Å²) in [6.45, 7) is 0.494. The van der Waals surface area contributed by atoms with Crippen LogP contribution in [0.1, 0.15) is 11.1 Å². The molecule has 0 saturated heterocycles. The molecule has 1 heterocycles. The van der Waals surface area contributed by atoms with Gasteiger partial charge in [0.15, 0.2) is 0 Å². The first-order chi connectivity index (χ1) is 10.3. The number of benzene rings is 2. The Balaban J connectivity index is 1.84. The van der Waals surface area contributed by atoms with Gasteiger partial charge in [0, 0.05) is 17.1 Å². The van der Waals surface area contributed by atoms with E-state index in [4.69, 9.17) is 9.84 Å². The average molecular weight is 344 g/mol. The second-order valence-electron chi connectivity index (χ2n) is 4.70. The molecule has 4 heteroatoms. The van der Waals surface area contributed by atoms with Crippen molar-refractivity contribution < 1.29 is 9.84 Å². The molecule has 1 aromatic heterocycles. The number of pyridine rings is 1. The molecule has 0 spiro atoms. The van der Waals surface area contributed by atoms with Gasteiger partial charge in [0.2, 0.25) is 0 Å². The molecule has 3 aromatic rings. The van der Waals surface area contributed by atoms with E-state index in [0.29, 0.717) is 6.61 Å². The minimum absolute atomic E-state index is 0.0217. The zero-order valence-corrected chi connectivity index (χ0v) is 12.9. The molecule has 1 N–H and O–H groups in total. The summed E-state index contributed by atoms with van der Waals surface area (Å²) < 4.78 is 6.71. The van der Waals surface area contributed by atoms with Crippen molar-refractivity contribution in [2.45, 2.75) is 13.2 Å². The maximum absolute atomic E-state index is 9.11. The van der Waals surface area contributed by atoms with E-state index in [-0.39, 0.29) is 6.61 Å². The molecule has 3 nitrogen and oxygen atoms in total. The van der Waals surface area contributed by atoms with Gasteiger partial charge in [-0.05, 0) is 45.8 Å². The number of hydrogen-bond donors (Lipinski definition) is 1. The number of aliphatic hydroxyl groups excluding tert-OH is 1. The van der Waals surface area contributed by atoms with Gasteiger partial charge in [-0.2, -0.15) is 0 Å². The number of aliphatic hydroxyl groups is 1. The first-order valence-corrected chi connectivity index (χ1v) is 7.42. The monoisotopic (exact) mass is 343 g/mol. The van der Waals surface area contributed by atoms with Gasteiger partial charge in [0.1, 0.15) is 12.4 Å². The van der Waals surface area contributed by atoms with Crippen LogP contribution in [0.2, 0.25) is 0 Å². The molecular formula is C17H14BrNO2. The topological polar surface area (TPSA) is 42.4 Å². The fraction of sp³-hybridized carbons (Fsp3) is 0.118. The molecule has 0 aliphatic carbocycles. The van der Waals surface area contributed by atoms with E-state index in [0.717, 1.165) is 32.3 Å². The molecule has 0 aliphatic heterocycles. The van der Waals surface area contributed by atoms with Gasteiger partial charge in [-0.15, -0.1) is 0 Å². The van der Waals surface area contributed by atoms with Gasteiger partial charge < -0.3 is 9.84 Å². The van der Waals surface area contributed by atoms with Gasteiger partial charge in [0.05, 0.1) is 16.6 Å². The normalized spacial score (nSPS) is 10.8. The predicted molar refractivity (Wildman–Crippen MR) is 86.1 cm³/mol. The number of para-hydroxylation sites is 1. The van der Waals surface area contributed by atoms with Crippen molar-refractivity contribution >= 4 is 26.8 Å². The second kappa shape index (κ2) is 6.24. The lowest BCUT2D eigenvalue weighted by Gasteiger charge is -2.11. The van der Waals surface area contributed by atoms with Crippen LogP contribution in [0.4, 0.5) is 0 Å². The van der Waals surface area contributed by atoms with Crippen LogP contribution in [0.25, 0.3) is 10.9 Å². The van der Waals surface area contributed by atoms with E-state index >= 15 is 0 Å². The summed E-state index contributed by atoms with van der Waals surface area (Å²) in [5.41, 5.74) is 2.91. The Morgan fingerprint density at radius 2 is 1.95 bits per heavy atom. The number of rotatable bonds is 4. The maximum atomic E-state index is 9.11. The van der Waals surface area contributed by atoms with Crippen LogP contribution in [-0.2, 0) is 13.2 Å². The van der Waals surface area contributed by atoms with Crippen LogP contribution >= 0.6 is 15.9 Å². The van der Waals surface area contributed by atoms with Crippen molar-refractivity contribution in [3.05, 3.63) is 70.3 Å². The molecule has 0 radical (unpaired) electrons. The molecule has 106 valence electrons. The van der Waals surface area contributed by atoms with Crippen molar-refractivity contribution in [3.8, 4) is 5.75 Å². The minimum atomic E-state index is 0.0217. The zero-order valence-electron chi connectivity index (χ0n) is 11.3. The number of aromatic nitrogens is 1. The molecule has 0 saturated carbocycles. The van der Waals surface area contributed by atoms with Crippen molar-refractivity contribution in [2.75, 3.05) is 0 Å². The van der Waals surface area contributed by atoms with E-state index in [1.807, 2.05) is 48.5 Å². The molecule has 2 aromatic carbocycles. The fourth-order valence-corrected chi connectivity index (χ4v) is 2.74. The molecule has 0 atom stereocenters. The molecule has 0 amide bonds. The van der Waals surface area contributed by atoms with Crippen LogP contribution in [0.15, 0.2) is 59.2 Å². The van der Waals surface area contributed by atoms with Crippen LogP contribution in [0.3, 0.4) is 0 Å². The maximum Gasteiger partial charge on any atom is 0.134 e. The number of halogens is 1. The van der Waals surface area contributed by atoms with E-state index in [9.17, 15) is 0 Å². The minimum Gasteiger partial charge on any atom is -0.488 e. The highest BCUT2D eigenvalue weighted by atomic mass is 79.9. The first-order valence-electron chi connectivity index (χ1n) is 6.62. The average Bonchev–Trinajstić information content (AvgIpc) is 2.53. The third-order valence-electron chi connectivity index (χ3n) is 3.30. The lowest BCUT2D eigenvalue weighted by atomic mass is 10.1. The Hall–Kier alpha value is -1.91. The third kappa shape index (κ3) is 3.06. The Morgan fingerprint density at radius 1 is 1.10 bits per heavy atom. The van der Waals surface area contributed by atoms with Crippen LogP contribution in [-0.4, -0.2) is 10.1 Å². The summed E-state index contributed by atoms with van der Waals surface area (Å²) in [7, 11) is 0. The van der Waals surface area contributed by atoms with E-state index < -0.39 is 0 Å². The molecular weight excluding hydrogens is 330 g/mol. The summed E-state index contributed by atoms with van der Waals surface area (Å²) in [4.78, 5) is 4.34. The zero-order chi connectivity index (χ0) is 14.7. The molecule has 3 rings (SSSR count). The first kappa shape index (κ1) is 14.0. The molecule has 21 heavy (non-hydrogen) atoms. The second-order valence-corrected chi connectivity index (χ2v) is 5.55. The Morgan fingerprint density at radius 3 is 2.76 bits per heavy atom. The lowest BCUT2D eigenvalue weighted by Crippen LogP contribution is -1.98. The molecule has 0 fully saturated rings. The van der Waals surface area contributed by atoms with E-state index in [2.05, 4.69) is 20.9 Å². The number of hydrogen-bond acceptors (Lipinski definition) is 3. The van der Waals surface area contributed by atoms with Gasteiger partial charge in [0.25, 0.3) is 0 Å². The number of fused-ring (bicyclic) bond motifs is 1. The summed E-state index contributed by atoms with van der Waals surface area (Å²) in [6.07, 6.45) is 1.80. The van der Waals surface area contributed by atoms with Crippen LogP contribution in [0, 0.1) is 0 Å². The van der Waals surface area contributed by atoms with Crippen LogP contribution in [0.5, 0.6) is 5.75 Å². The number of nitrogens with zero attached hydrogens (tertiary/aromatic N) is 1. The highest BCUT2D eigenvalue weighted by Gasteiger charge is 2.05. The van der Waals surface area contributed by atoms with Crippen molar-refractivity contribution in [3.63, 3.8) is 0 Å². The Bertz CT molecular complexity index is 768. The van der Waals surface area contributed by atoms with Crippen molar-refractivity contribution in [1.29, 1.82) is 0 Å². The Labute approximate surface area is 131 Å². The molecule has 0 bridgehead atoms. The number of ether oxygens (including phenoxy) is 1. The highest BCUT2D eigenvalue weighted by molar-refractivity contribution is 9.10. The van der Waals surface area contributed by atoms with Crippen molar-refractivity contribution in [1.82, 2.24) is 4.98 Å². The lowest BCUT2D eigenvalue weighted by molar-refractivity contribution is 0.280. The SMILES string of the molecule is OCc1ccc(OCc2ccnc3ccccc23)c(Br)c1. The molecule has 0 aliphatic rings. The molecule has 0 unspecified atom stereocenters. The quantitative estimate of drug-likeness (QED) is 0.776. The smallest absolute Gasteiger partial charge is 0.134 e. The third-order valence-corrected chi connectivity index (χ3v) is 3.92.